The summed E-state index contributed by atoms with van der Waals surface area (Å²) in [6.45, 7) is 7.46. The van der Waals surface area contributed by atoms with Gasteiger partial charge in [-0.15, -0.1) is 11.3 Å². The average molecular weight is 245 g/mol. The van der Waals surface area contributed by atoms with Crippen LogP contribution in [0.4, 0.5) is 0 Å². The van der Waals surface area contributed by atoms with Crippen molar-refractivity contribution >= 4 is 11.3 Å². The first-order valence-corrected chi connectivity index (χ1v) is 6.94. The molecule has 2 heteroatoms. The van der Waals surface area contributed by atoms with Gasteiger partial charge in [-0.3, -0.25) is 0 Å². The molecule has 0 radical (unpaired) electrons. The van der Waals surface area contributed by atoms with Crippen LogP contribution in [0.15, 0.2) is 35.7 Å². The summed E-state index contributed by atoms with van der Waals surface area (Å²) in [5.74, 6) is 0. The van der Waals surface area contributed by atoms with E-state index in [1.54, 1.807) is 0 Å². The van der Waals surface area contributed by atoms with Gasteiger partial charge in [0.15, 0.2) is 0 Å². The zero-order valence-corrected chi connectivity index (χ0v) is 11.5. The molecule has 1 heterocycles. The lowest BCUT2D eigenvalue weighted by atomic mass is 9.98. The quantitative estimate of drug-likeness (QED) is 0.856. The summed E-state index contributed by atoms with van der Waals surface area (Å²) in [6, 6.07) is 11.4. The van der Waals surface area contributed by atoms with Gasteiger partial charge >= 0.3 is 0 Å². The number of hydrogen-bond acceptors (Lipinski definition) is 2. The molecular formula is C15H19NS. The molecule has 0 bridgehead atoms. The Balaban J connectivity index is 2.35. The van der Waals surface area contributed by atoms with Gasteiger partial charge in [-0.05, 0) is 43.0 Å². The van der Waals surface area contributed by atoms with Crippen LogP contribution in [0, 0.1) is 13.8 Å². The van der Waals surface area contributed by atoms with Gasteiger partial charge in [-0.2, -0.15) is 0 Å². The summed E-state index contributed by atoms with van der Waals surface area (Å²) in [5, 5.41) is 5.74. The van der Waals surface area contributed by atoms with Crippen molar-refractivity contribution in [3.05, 3.63) is 57.3 Å². The van der Waals surface area contributed by atoms with Gasteiger partial charge in [0.05, 0.1) is 6.04 Å². The van der Waals surface area contributed by atoms with Crippen LogP contribution in [0.1, 0.15) is 34.5 Å². The summed E-state index contributed by atoms with van der Waals surface area (Å²) >= 11 is 1.82. The minimum atomic E-state index is 0.326. The van der Waals surface area contributed by atoms with Gasteiger partial charge in [0, 0.05) is 4.88 Å². The molecule has 1 nitrogen and oxygen atoms in total. The fourth-order valence-corrected chi connectivity index (χ4v) is 2.81. The molecule has 1 N–H and O–H groups in total. The molecule has 0 saturated carbocycles. The van der Waals surface area contributed by atoms with Crippen molar-refractivity contribution in [1.29, 1.82) is 0 Å². The van der Waals surface area contributed by atoms with Crippen LogP contribution >= 0.6 is 11.3 Å². The first-order chi connectivity index (χ1) is 8.22. The predicted molar refractivity (Wildman–Crippen MR) is 75.8 cm³/mol. The zero-order chi connectivity index (χ0) is 12.3. The molecule has 0 amide bonds. The molecule has 0 aliphatic heterocycles. The molecule has 2 aromatic rings. The molecule has 0 aliphatic carbocycles. The van der Waals surface area contributed by atoms with Crippen molar-refractivity contribution in [2.24, 2.45) is 0 Å². The fraction of sp³-hybridized carbons (Fsp3) is 0.333. The Morgan fingerprint density at radius 1 is 1.12 bits per heavy atom. The summed E-state index contributed by atoms with van der Waals surface area (Å²) < 4.78 is 0. The molecule has 0 fully saturated rings. The van der Waals surface area contributed by atoms with E-state index in [1.165, 1.54) is 21.6 Å². The molecule has 2 rings (SSSR count). The summed E-state index contributed by atoms with van der Waals surface area (Å²) in [7, 11) is 0. The highest BCUT2D eigenvalue weighted by atomic mass is 32.1. The van der Waals surface area contributed by atoms with E-state index in [0.717, 1.165) is 6.54 Å². The van der Waals surface area contributed by atoms with Gasteiger partial charge in [-0.1, -0.05) is 36.8 Å². The lowest BCUT2D eigenvalue weighted by Gasteiger charge is -2.18. The van der Waals surface area contributed by atoms with E-state index in [0.29, 0.717) is 6.04 Å². The number of thiophene rings is 1. The van der Waals surface area contributed by atoms with Gasteiger partial charge < -0.3 is 5.32 Å². The third-order valence-electron chi connectivity index (χ3n) is 3.03. The summed E-state index contributed by atoms with van der Waals surface area (Å²) in [5.41, 5.74) is 4.06. The number of aryl methyl sites for hydroxylation is 2. The second-order valence-corrected chi connectivity index (χ2v) is 5.45. The van der Waals surface area contributed by atoms with Gasteiger partial charge in [0.2, 0.25) is 0 Å². The zero-order valence-electron chi connectivity index (χ0n) is 10.7. The van der Waals surface area contributed by atoms with E-state index in [2.05, 4.69) is 61.8 Å². The highest BCUT2D eigenvalue weighted by molar-refractivity contribution is 7.10. The second-order valence-electron chi connectivity index (χ2n) is 4.33. The number of hydrogen-bond donors (Lipinski definition) is 1. The minimum absolute atomic E-state index is 0.326. The van der Waals surface area contributed by atoms with E-state index in [4.69, 9.17) is 0 Å². The molecule has 1 aromatic heterocycles. The molecule has 1 unspecified atom stereocenters. The molecule has 1 atom stereocenters. The van der Waals surface area contributed by atoms with Crippen LogP contribution in [0.2, 0.25) is 0 Å². The highest BCUT2D eigenvalue weighted by Crippen LogP contribution is 2.28. The molecule has 0 aliphatic rings. The maximum atomic E-state index is 3.57. The van der Waals surface area contributed by atoms with Crippen molar-refractivity contribution in [2.45, 2.75) is 26.8 Å². The fourth-order valence-electron chi connectivity index (χ4n) is 2.06. The third kappa shape index (κ3) is 2.76. The Bertz CT molecular complexity index is 470. The molecule has 0 spiro atoms. The van der Waals surface area contributed by atoms with Crippen LogP contribution in [-0.2, 0) is 0 Å². The van der Waals surface area contributed by atoms with Gasteiger partial charge in [-0.25, -0.2) is 0 Å². The molecular weight excluding hydrogens is 226 g/mol. The normalized spacial score (nSPS) is 12.6. The first kappa shape index (κ1) is 12.3. The lowest BCUT2D eigenvalue weighted by Crippen LogP contribution is -2.22. The van der Waals surface area contributed by atoms with Crippen LogP contribution in [-0.4, -0.2) is 6.54 Å². The van der Waals surface area contributed by atoms with Gasteiger partial charge in [0.1, 0.15) is 0 Å². The maximum Gasteiger partial charge on any atom is 0.0587 e. The summed E-state index contributed by atoms with van der Waals surface area (Å²) in [4.78, 5) is 1.40. The number of nitrogens with one attached hydrogen (secondary N) is 1. The topological polar surface area (TPSA) is 12.0 Å². The smallest absolute Gasteiger partial charge is 0.0587 e. The maximum absolute atomic E-state index is 3.57. The Hall–Kier alpha value is -1.12. The van der Waals surface area contributed by atoms with Crippen LogP contribution < -0.4 is 5.32 Å². The van der Waals surface area contributed by atoms with Crippen molar-refractivity contribution < 1.29 is 0 Å². The monoisotopic (exact) mass is 245 g/mol. The third-order valence-corrected chi connectivity index (χ3v) is 3.89. The Morgan fingerprint density at radius 3 is 2.35 bits per heavy atom. The molecule has 90 valence electrons. The Labute approximate surface area is 108 Å². The van der Waals surface area contributed by atoms with E-state index >= 15 is 0 Å². The Morgan fingerprint density at radius 2 is 1.82 bits per heavy atom. The highest BCUT2D eigenvalue weighted by Gasteiger charge is 2.15. The van der Waals surface area contributed by atoms with Crippen molar-refractivity contribution in [1.82, 2.24) is 5.32 Å². The lowest BCUT2D eigenvalue weighted by molar-refractivity contribution is 0.630. The van der Waals surface area contributed by atoms with Crippen molar-refractivity contribution in [2.75, 3.05) is 6.54 Å². The minimum Gasteiger partial charge on any atom is -0.306 e. The molecule has 1 aromatic carbocycles. The molecule has 0 saturated heterocycles. The molecule has 17 heavy (non-hydrogen) atoms. The second kappa shape index (κ2) is 5.48. The van der Waals surface area contributed by atoms with Crippen LogP contribution in [0.5, 0.6) is 0 Å². The van der Waals surface area contributed by atoms with Crippen molar-refractivity contribution in [3.8, 4) is 0 Å². The van der Waals surface area contributed by atoms with E-state index < -0.39 is 0 Å². The van der Waals surface area contributed by atoms with Crippen LogP contribution in [0.25, 0.3) is 0 Å². The first-order valence-electron chi connectivity index (χ1n) is 6.06. The number of benzene rings is 1. The number of rotatable bonds is 4. The van der Waals surface area contributed by atoms with Gasteiger partial charge in [0.25, 0.3) is 0 Å². The van der Waals surface area contributed by atoms with Crippen LogP contribution in [0.3, 0.4) is 0 Å². The standard InChI is InChI=1S/C15H19NS/c1-4-16-15(14-9-10-17-12(14)3)13-7-5-11(2)6-8-13/h5-10,15-16H,4H2,1-3H3. The van der Waals surface area contributed by atoms with E-state index in [9.17, 15) is 0 Å². The SMILES string of the molecule is CCNC(c1ccc(C)cc1)c1ccsc1C. The summed E-state index contributed by atoms with van der Waals surface area (Å²) in [6.07, 6.45) is 0. The van der Waals surface area contributed by atoms with E-state index in [1.807, 2.05) is 11.3 Å². The van der Waals surface area contributed by atoms with Crippen molar-refractivity contribution in [3.63, 3.8) is 0 Å². The predicted octanol–water partition coefficient (Wildman–Crippen LogP) is 4.06. The van der Waals surface area contributed by atoms with E-state index in [-0.39, 0.29) is 0 Å². The Kier molecular flexibility index (Phi) is 3.97. The average Bonchev–Trinajstić information content (AvgIpc) is 2.74. The largest absolute Gasteiger partial charge is 0.306 e.